The summed E-state index contributed by atoms with van der Waals surface area (Å²) >= 11 is 1.37. The Balaban J connectivity index is 1.49. The Morgan fingerprint density at radius 1 is 1.21 bits per heavy atom. The summed E-state index contributed by atoms with van der Waals surface area (Å²) in [7, 11) is 0. The Labute approximate surface area is 204 Å². The minimum absolute atomic E-state index is 0.181. The highest BCUT2D eigenvalue weighted by atomic mass is 32.1. The maximum atomic E-state index is 12.6. The summed E-state index contributed by atoms with van der Waals surface area (Å²) in [5.74, 6) is 0.594. The number of oxazole rings is 1. The maximum Gasteiger partial charge on any atom is 0.295 e. The highest BCUT2D eigenvalue weighted by Crippen LogP contribution is 2.33. The van der Waals surface area contributed by atoms with Crippen LogP contribution in [0.1, 0.15) is 54.9 Å². The summed E-state index contributed by atoms with van der Waals surface area (Å²) in [4.78, 5) is 38.3. The predicted octanol–water partition coefficient (Wildman–Crippen LogP) is 4.54. The number of benzene rings is 1. The molecule has 4 rings (SSSR count). The molecule has 0 saturated heterocycles. The number of hydrogen-bond acceptors (Lipinski definition) is 7. The van der Waals surface area contributed by atoms with Crippen molar-refractivity contribution in [2.24, 2.45) is 0 Å². The molecule has 0 bridgehead atoms. The van der Waals surface area contributed by atoms with Gasteiger partial charge in [0.25, 0.3) is 5.91 Å². The molecule has 1 aliphatic rings. The number of carbonyl (C=O) groups excluding carboxylic acids is 2. The summed E-state index contributed by atoms with van der Waals surface area (Å²) in [6.45, 7) is 11.5. The number of anilines is 2. The van der Waals surface area contributed by atoms with Gasteiger partial charge in [-0.15, -0.1) is 11.3 Å². The quantitative estimate of drug-likeness (QED) is 0.482. The molecule has 2 amide bonds. The lowest BCUT2D eigenvalue weighted by Crippen LogP contribution is -2.41. The van der Waals surface area contributed by atoms with Crippen LogP contribution in [0.4, 0.5) is 10.8 Å². The molecule has 1 aliphatic heterocycles. The number of rotatable bonds is 9. The molecule has 0 atom stereocenters. The van der Waals surface area contributed by atoms with Crippen LogP contribution in [-0.4, -0.2) is 52.9 Å². The van der Waals surface area contributed by atoms with Crippen LogP contribution in [-0.2, 0) is 17.6 Å². The van der Waals surface area contributed by atoms with E-state index in [4.69, 9.17) is 4.42 Å². The summed E-state index contributed by atoms with van der Waals surface area (Å²) in [5, 5.41) is 5.24. The van der Waals surface area contributed by atoms with Crippen molar-refractivity contribution in [3.63, 3.8) is 0 Å². The van der Waals surface area contributed by atoms with E-state index >= 15 is 0 Å². The van der Waals surface area contributed by atoms with Gasteiger partial charge >= 0.3 is 0 Å². The lowest BCUT2D eigenvalue weighted by Gasteiger charge is -2.31. The Hall–Kier alpha value is -3.04. The molecule has 0 aliphatic carbocycles. The van der Waals surface area contributed by atoms with E-state index < -0.39 is 0 Å². The van der Waals surface area contributed by atoms with Gasteiger partial charge in [-0.3, -0.25) is 14.9 Å². The van der Waals surface area contributed by atoms with Crippen LogP contribution in [0.5, 0.6) is 0 Å². The van der Waals surface area contributed by atoms with Crippen molar-refractivity contribution in [2.75, 3.05) is 36.4 Å². The summed E-state index contributed by atoms with van der Waals surface area (Å²) < 4.78 is 5.54. The minimum Gasteiger partial charge on any atom is -0.435 e. The Kier molecular flexibility index (Phi) is 7.43. The number of aryl methyl sites for hydroxylation is 3. The number of thiazole rings is 1. The average Bonchev–Trinajstić information content (AvgIpc) is 3.46. The van der Waals surface area contributed by atoms with E-state index in [1.165, 1.54) is 11.3 Å². The van der Waals surface area contributed by atoms with Gasteiger partial charge in [-0.25, -0.2) is 9.97 Å². The van der Waals surface area contributed by atoms with Crippen LogP contribution in [0.3, 0.4) is 0 Å². The number of likely N-dealkylation sites (N-methyl/N-ethyl adjacent to an activating group) is 1. The summed E-state index contributed by atoms with van der Waals surface area (Å²) in [5.41, 5.74) is 4.47. The Morgan fingerprint density at radius 3 is 2.71 bits per heavy atom. The molecule has 1 aromatic carbocycles. The average molecular weight is 482 g/mol. The zero-order chi connectivity index (χ0) is 24.2. The number of fused-ring (bicyclic) bond motifs is 1. The van der Waals surface area contributed by atoms with Gasteiger partial charge in [-0.2, -0.15) is 0 Å². The molecule has 180 valence electrons. The molecule has 0 spiro atoms. The van der Waals surface area contributed by atoms with Gasteiger partial charge in [0.2, 0.25) is 11.7 Å². The van der Waals surface area contributed by atoms with Crippen LogP contribution in [0.2, 0.25) is 0 Å². The Morgan fingerprint density at radius 2 is 2.00 bits per heavy atom. The standard InChI is InChI=1S/C25H31N5O3S/c1-5-21-26-16(4)23(33-21)24(32)28-25-27-19(15-34-25)17-8-10-20-18(14-17)9-11-22(31)30(20)13-12-29(6-2)7-3/h8,10,14-15H,5-7,9,11-13H2,1-4H3,(H,27,28,32). The highest BCUT2D eigenvalue weighted by Gasteiger charge is 2.25. The molecule has 0 radical (unpaired) electrons. The highest BCUT2D eigenvalue weighted by molar-refractivity contribution is 7.14. The van der Waals surface area contributed by atoms with Gasteiger partial charge in [-0.05, 0) is 44.1 Å². The smallest absolute Gasteiger partial charge is 0.295 e. The van der Waals surface area contributed by atoms with E-state index in [1.807, 2.05) is 29.3 Å². The first-order chi connectivity index (χ1) is 16.4. The van der Waals surface area contributed by atoms with E-state index in [9.17, 15) is 9.59 Å². The van der Waals surface area contributed by atoms with Crippen LogP contribution in [0.15, 0.2) is 28.0 Å². The van der Waals surface area contributed by atoms with E-state index in [0.29, 0.717) is 36.1 Å². The van der Waals surface area contributed by atoms with Crippen LogP contribution >= 0.6 is 11.3 Å². The Bertz CT molecular complexity index is 1180. The van der Waals surface area contributed by atoms with Crippen LogP contribution in [0, 0.1) is 6.92 Å². The van der Waals surface area contributed by atoms with Crippen LogP contribution < -0.4 is 10.2 Å². The van der Waals surface area contributed by atoms with Crippen molar-refractivity contribution in [3.05, 3.63) is 46.5 Å². The van der Waals surface area contributed by atoms with Crippen molar-refractivity contribution >= 4 is 34.0 Å². The molecule has 34 heavy (non-hydrogen) atoms. The van der Waals surface area contributed by atoms with Crippen molar-refractivity contribution in [1.29, 1.82) is 0 Å². The fourth-order valence-electron chi connectivity index (χ4n) is 4.18. The van der Waals surface area contributed by atoms with E-state index in [1.54, 1.807) is 6.92 Å². The van der Waals surface area contributed by atoms with Crippen LogP contribution in [0.25, 0.3) is 11.3 Å². The van der Waals surface area contributed by atoms with Gasteiger partial charge in [-0.1, -0.05) is 26.8 Å². The monoisotopic (exact) mass is 481 g/mol. The minimum atomic E-state index is -0.349. The molecule has 3 heterocycles. The van der Waals surface area contributed by atoms with Gasteiger partial charge < -0.3 is 14.2 Å². The molecular formula is C25H31N5O3S. The summed E-state index contributed by atoms with van der Waals surface area (Å²) in [6.07, 6.45) is 1.87. The molecule has 1 N–H and O–H groups in total. The van der Waals surface area contributed by atoms with Crippen molar-refractivity contribution in [2.45, 2.75) is 47.0 Å². The number of nitrogens with one attached hydrogen (secondary N) is 1. The number of hydrogen-bond donors (Lipinski definition) is 1. The molecular weight excluding hydrogens is 450 g/mol. The van der Waals surface area contributed by atoms with Crippen molar-refractivity contribution in [3.8, 4) is 11.3 Å². The SMILES string of the molecule is CCc1nc(C)c(C(=O)Nc2nc(-c3ccc4c(c3)CCC(=O)N4CCN(CC)CC)cs2)o1. The third-order valence-corrected chi connectivity index (χ3v) is 6.94. The number of nitrogens with zero attached hydrogens (tertiary/aromatic N) is 4. The number of amides is 2. The molecule has 0 fully saturated rings. The van der Waals surface area contributed by atoms with Gasteiger partial charge in [0.05, 0.1) is 11.4 Å². The summed E-state index contributed by atoms with van der Waals surface area (Å²) in [6, 6.07) is 6.13. The molecule has 9 heteroatoms. The number of aromatic nitrogens is 2. The lowest BCUT2D eigenvalue weighted by molar-refractivity contribution is -0.118. The van der Waals surface area contributed by atoms with Crippen molar-refractivity contribution < 1.29 is 14.0 Å². The second-order valence-corrected chi connectivity index (χ2v) is 9.14. The molecule has 2 aromatic heterocycles. The fraction of sp³-hybridized carbons (Fsp3) is 0.440. The topological polar surface area (TPSA) is 91.6 Å². The maximum absolute atomic E-state index is 12.6. The molecule has 8 nitrogen and oxygen atoms in total. The second-order valence-electron chi connectivity index (χ2n) is 8.28. The number of carbonyl (C=O) groups is 2. The zero-order valence-electron chi connectivity index (χ0n) is 20.2. The first-order valence-electron chi connectivity index (χ1n) is 11.8. The molecule has 0 saturated carbocycles. The van der Waals surface area contributed by atoms with Gasteiger partial charge in [0.1, 0.15) is 0 Å². The van der Waals surface area contributed by atoms with E-state index in [2.05, 4.69) is 40.1 Å². The third kappa shape index (κ3) is 5.05. The third-order valence-electron chi connectivity index (χ3n) is 6.18. The van der Waals surface area contributed by atoms with E-state index in [0.717, 1.165) is 48.6 Å². The molecule has 0 unspecified atom stereocenters. The van der Waals surface area contributed by atoms with Gasteiger partial charge in [0.15, 0.2) is 11.0 Å². The van der Waals surface area contributed by atoms with Gasteiger partial charge in [0, 0.05) is 42.6 Å². The first-order valence-corrected chi connectivity index (χ1v) is 12.7. The van der Waals surface area contributed by atoms with E-state index in [-0.39, 0.29) is 17.6 Å². The predicted molar refractivity (Wildman–Crippen MR) is 135 cm³/mol. The first kappa shape index (κ1) is 24.1. The normalized spacial score (nSPS) is 13.4. The fourth-order valence-corrected chi connectivity index (χ4v) is 4.89. The zero-order valence-corrected chi connectivity index (χ0v) is 21.0. The van der Waals surface area contributed by atoms with Crippen molar-refractivity contribution in [1.82, 2.24) is 14.9 Å². The lowest BCUT2D eigenvalue weighted by atomic mass is 9.98. The second kappa shape index (κ2) is 10.5. The molecule has 3 aromatic rings. The largest absolute Gasteiger partial charge is 0.435 e.